The Kier molecular flexibility index (Phi) is 4.39. The van der Waals surface area contributed by atoms with Gasteiger partial charge in [0.15, 0.2) is 0 Å². The zero-order valence-corrected chi connectivity index (χ0v) is 13.3. The van der Waals surface area contributed by atoms with Gasteiger partial charge in [-0.25, -0.2) is 8.78 Å². The molecule has 1 N–H and O–H groups in total. The third-order valence-electron chi connectivity index (χ3n) is 3.18. The number of hydrogen-bond acceptors (Lipinski definition) is 4. The Balaban J connectivity index is 2.38. The molecule has 0 unspecified atom stereocenters. The monoisotopic (exact) mass is 316 g/mol. The lowest BCUT2D eigenvalue weighted by atomic mass is 9.80. The van der Waals surface area contributed by atoms with Crippen molar-refractivity contribution < 1.29 is 22.9 Å². The van der Waals surface area contributed by atoms with Gasteiger partial charge in [-0.1, -0.05) is 0 Å². The van der Waals surface area contributed by atoms with Crippen LogP contribution in [-0.2, 0) is 9.14 Å². The highest BCUT2D eigenvalue weighted by Gasteiger charge is 2.46. The van der Waals surface area contributed by atoms with E-state index in [0.717, 1.165) is 17.8 Å². The van der Waals surface area contributed by atoms with E-state index in [9.17, 15) is 18.6 Å². The van der Waals surface area contributed by atoms with Crippen molar-refractivity contribution in [3.8, 4) is 0 Å². The van der Waals surface area contributed by atoms with Crippen molar-refractivity contribution in [3.05, 3.63) is 17.7 Å². The number of ketones is 1. The van der Waals surface area contributed by atoms with Gasteiger partial charge in [-0.15, -0.1) is 11.8 Å². The van der Waals surface area contributed by atoms with Crippen LogP contribution in [0.1, 0.15) is 13.3 Å². The Morgan fingerprint density at radius 1 is 1.50 bits per heavy atom. The van der Waals surface area contributed by atoms with Gasteiger partial charge in [0.05, 0.1) is 4.90 Å². The van der Waals surface area contributed by atoms with Gasteiger partial charge in [-0.3, -0.25) is 4.79 Å². The molecule has 1 aliphatic rings. The fourth-order valence-corrected chi connectivity index (χ4v) is 5.71. The molecule has 1 aromatic rings. The second-order valence-corrected chi connectivity index (χ2v) is 10.1. The number of thioether (sulfide) groups is 1. The van der Waals surface area contributed by atoms with E-state index >= 15 is 0 Å². The molecular weight excluding hydrogens is 301 g/mol. The zero-order chi connectivity index (χ0) is 15.1. The first-order chi connectivity index (χ1) is 9.24. The maximum atomic E-state index is 14.5. The van der Waals surface area contributed by atoms with Gasteiger partial charge in [0, 0.05) is 17.4 Å². The maximum absolute atomic E-state index is 14.5. The number of Topliss-reactive ketones (excluding diaryl/α,β-unsaturated/α-hetero) is 1. The summed E-state index contributed by atoms with van der Waals surface area (Å²) in [6.45, 7) is 4.95. The topological polar surface area (TPSA) is 46.5 Å². The van der Waals surface area contributed by atoms with Gasteiger partial charge in [0.25, 0.3) is 0 Å². The van der Waals surface area contributed by atoms with Gasteiger partial charge in [-0.05, 0) is 31.5 Å². The largest absolute Gasteiger partial charge is 0.480 e. The fraction of sp³-hybridized carbons (Fsp3) is 0.417. The molecule has 2 rings (SSSR count). The molecule has 0 spiro atoms. The molecule has 0 saturated heterocycles. The summed E-state index contributed by atoms with van der Waals surface area (Å²) in [6, 6.07) is 1.14. The Morgan fingerprint density at radius 2 is 2.15 bits per heavy atom. The average Bonchev–Trinajstić information content (AvgIpc) is 2.53. The Labute approximate surface area is 122 Å². The first kappa shape index (κ1) is 15.7. The van der Waals surface area contributed by atoms with E-state index in [1.54, 1.807) is 13.1 Å². The number of halogens is 2. The van der Waals surface area contributed by atoms with Crippen LogP contribution < -0.4 is 10.6 Å². The minimum Gasteiger partial charge on any atom is -0.446 e. The van der Waals surface area contributed by atoms with E-state index in [-0.39, 0.29) is 22.6 Å². The molecule has 0 amide bonds. The SMILES string of the molecule is CC(=O)CCSc1c(F)cc2c(c1F)[Si](C)(C)OB2O. The summed E-state index contributed by atoms with van der Waals surface area (Å²) in [6.07, 6.45) is 0.264. The first-order valence-electron chi connectivity index (χ1n) is 6.24. The van der Waals surface area contributed by atoms with Crippen molar-refractivity contribution >= 4 is 43.6 Å². The van der Waals surface area contributed by atoms with Crippen molar-refractivity contribution in [3.63, 3.8) is 0 Å². The van der Waals surface area contributed by atoms with Gasteiger partial charge in [0.2, 0.25) is 8.32 Å². The number of hydrogen-bond donors (Lipinski definition) is 1. The minimum absolute atomic E-state index is 0.0204. The fourth-order valence-electron chi connectivity index (χ4n) is 2.26. The van der Waals surface area contributed by atoms with E-state index < -0.39 is 27.1 Å². The molecule has 3 nitrogen and oxygen atoms in total. The molecule has 108 valence electrons. The molecule has 0 aromatic heterocycles. The first-order valence-corrected chi connectivity index (χ1v) is 10.1. The molecule has 0 atom stereocenters. The van der Waals surface area contributed by atoms with E-state index in [0.29, 0.717) is 10.9 Å². The molecule has 0 aliphatic carbocycles. The van der Waals surface area contributed by atoms with Crippen LogP contribution >= 0.6 is 11.8 Å². The highest BCUT2D eigenvalue weighted by molar-refractivity contribution is 7.99. The summed E-state index contributed by atoms with van der Waals surface area (Å²) in [7, 11) is -3.81. The number of fused-ring (bicyclic) bond motifs is 1. The molecule has 0 bridgehead atoms. The molecule has 1 heterocycles. The molecule has 8 heteroatoms. The highest BCUT2D eigenvalue weighted by atomic mass is 32.2. The summed E-state index contributed by atoms with van der Waals surface area (Å²) in [4.78, 5) is 10.8. The van der Waals surface area contributed by atoms with Crippen molar-refractivity contribution in [1.82, 2.24) is 0 Å². The second kappa shape index (κ2) is 5.59. The summed E-state index contributed by atoms with van der Waals surface area (Å²) < 4.78 is 33.9. The highest BCUT2D eigenvalue weighted by Crippen LogP contribution is 2.27. The van der Waals surface area contributed by atoms with Crippen molar-refractivity contribution in [2.45, 2.75) is 31.3 Å². The van der Waals surface area contributed by atoms with Crippen LogP contribution in [0.25, 0.3) is 0 Å². The predicted molar refractivity (Wildman–Crippen MR) is 78.2 cm³/mol. The number of benzene rings is 1. The van der Waals surface area contributed by atoms with Crippen LogP contribution in [0.3, 0.4) is 0 Å². The van der Waals surface area contributed by atoms with Gasteiger partial charge < -0.3 is 9.37 Å². The molecule has 0 radical (unpaired) electrons. The van der Waals surface area contributed by atoms with Crippen molar-refractivity contribution in [1.29, 1.82) is 0 Å². The number of rotatable bonds is 4. The Bertz CT molecular complexity index is 568. The van der Waals surface area contributed by atoms with Gasteiger partial charge >= 0.3 is 7.12 Å². The number of carbonyl (C=O) groups is 1. The lowest BCUT2D eigenvalue weighted by Gasteiger charge is -2.18. The summed E-state index contributed by atoms with van der Waals surface area (Å²) in [5.41, 5.74) is 0.188. The molecular formula is C12H15BF2O3SSi. The van der Waals surface area contributed by atoms with Crippen LogP contribution in [0.5, 0.6) is 0 Å². The third kappa shape index (κ3) is 2.83. The average molecular weight is 316 g/mol. The van der Waals surface area contributed by atoms with Crippen LogP contribution in [-0.4, -0.2) is 32.0 Å². The summed E-state index contributed by atoms with van der Waals surface area (Å²) in [5, 5.41) is 10.0. The third-order valence-corrected chi connectivity index (χ3v) is 6.78. The molecule has 0 saturated carbocycles. The van der Waals surface area contributed by atoms with Crippen molar-refractivity contribution in [2.24, 2.45) is 0 Å². The predicted octanol–water partition coefficient (Wildman–Crippen LogP) is 1.17. The summed E-state index contributed by atoms with van der Waals surface area (Å²) in [5.74, 6) is -1.06. The smallest absolute Gasteiger partial charge is 0.446 e. The maximum Gasteiger partial charge on any atom is 0.480 e. The molecule has 20 heavy (non-hydrogen) atoms. The summed E-state index contributed by atoms with van der Waals surface area (Å²) >= 11 is 0.984. The molecule has 1 aliphatic heterocycles. The van der Waals surface area contributed by atoms with Crippen LogP contribution in [0.2, 0.25) is 13.1 Å². The van der Waals surface area contributed by atoms with E-state index in [4.69, 9.17) is 4.34 Å². The molecule has 0 fully saturated rings. The Morgan fingerprint density at radius 3 is 2.75 bits per heavy atom. The van der Waals surface area contributed by atoms with E-state index in [1.807, 2.05) is 0 Å². The Hall–Kier alpha value is -0.698. The number of carbonyl (C=O) groups excluding carboxylic acids is 1. The standard InChI is InChI=1S/C12H15BF2O3SSi/c1-7(16)4-5-19-11-9(14)6-8-12(10(11)15)20(2,3)18-13(8)17/h6,17H,4-5H2,1-3H3. The lowest BCUT2D eigenvalue weighted by Crippen LogP contribution is -2.46. The van der Waals surface area contributed by atoms with E-state index in [1.165, 1.54) is 6.92 Å². The second-order valence-electron chi connectivity index (χ2n) is 5.25. The van der Waals surface area contributed by atoms with Crippen LogP contribution in [0.15, 0.2) is 11.0 Å². The van der Waals surface area contributed by atoms with Crippen LogP contribution in [0, 0.1) is 11.6 Å². The van der Waals surface area contributed by atoms with Crippen molar-refractivity contribution in [2.75, 3.05) is 5.75 Å². The van der Waals surface area contributed by atoms with Gasteiger partial charge in [-0.2, -0.15) is 0 Å². The normalized spacial score (nSPS) is 16.4. The lowest BCUT2D eigenvalue weighted by molar-refractivity contribution is -0.116. The minimum atomic E-state index is -2.56. The van der Waals surface area contributed by atoms with E-state index in [2.05, 4.69) is 0 Å². The molecule has 1 aromatic carbocycles. The quantitative estimate of drug-likeness (QED) is 0.669. The van der Waals surface area contributed by atoms with Gasteiger partial charge in [0.1, 0.15) is 17.4 Å². The zero-order valence-electron chi connectivity index (χ0n) is 11.5. The van der Waals surface area contributed by atoms with Crippen LogP contribution in [0.4, 0.5) is 8.78 Å².